The number of nitrogens with zero attached hydrogens (tertiary/aromatic N) is 1. The Bertz CT molecular complexity index is 415. The zero-order chi connectivity index (χ0) is 13.8. The average Bonchev–Trinajstić information content (AvgIpc) is 2.80. The lowest BCUT2D eigenvalue weighted by Crippen LogP contribution is -2.28. The standard InChI is InChI=1S/C15H24N2O2/c1-11(2)19-15-8-12(16)7-13(9-15)17(3)10-14-5-4-6-18-14/h7-9,11,14H,4-6,10,16H2,1-3H3. The molecule has 1 aliphatic rings. The minimum Gasteiger partial charge on any atom is -0.491 e. The largest absolute Gasteiger partial charge is 0.491 e. The SMILES string of the molecule is CC(C)Oc1cc(N)cc(N(C)CC2CCCO2)c1. The molecule has 4 heteroatoms. The van der Waals surface area contributed by atoms with Crippen molar-refractivity contribution in [2.45, 2.75) is 38.9 Å². The van der Waals surface area contributed by atoms with Gasteiger partial charge in [0.25, 0.3) is 0 Å². The number of rotatable bonds is 5. The summed E-state index contributed by atoms with van der Waals surface area (Å²) in [6, 6.07) is 5.87. The molecular formula is C15H24N2O2. The molecule has 1 atom stereocenters. The lowest BCUT2D eigenvalue weighted by atomic mass is 10.2. The van der Waals surface area contributed by atoms with E-state index in [9.17, 15) is 0 Å². The summed E-state index contributed by atoms with van der Waals surface area (Å²) in [5.41, 5.74) is 7.75. The summed E-state index contributed by atoms with van der Waals surface area (Å²) >= 11 is 0. The molecule has 2 rings (SSSR count). The van der Waals surface area contributed by atoms with Crippen LogP contribution in [0.4, 0.5) is 11.4 Å². The summed E-state index contributed by atoms with van der Waals surface area (Å²) in [5.74, 6) is 0.823. The first kappa shape index (κ1) is 14.0. The summed E-state index contributed by atoms with van der Waals surface area (Å²) in [4.78, 5) is 2.18. The van der Waals surface area contributed by atoms with E-state index < -0.39 is 0 Å². The molecule has 1 aromatic carbocycles. The maximum Gasteiger partial charge on any atom is 0.123 e. The predicted octanol–water partition coefficient (Wildman–Crippen LogP) is 2.67. The van der Waals surface area contributed by atoms with Crippen LogP contribution in [-0.2, 0) is 4.74 Å². The van der Waals surface area contributed by atoms with E-state index in [1.165, 1.54) is 0 Å². The van der Waals surface area contributed by atoms with E-state index in [0.29, 0.717) is 6.10 Å². The highest BCUT2D eigenvalue weighted by Crippen LogP contribution is 2.26. The summed E-state index contributed by atoms with van der Waals surface area (Å²) in [6.07, 6.45) is 2.79. The Morgan fingerprint density at radius 3 is 2.84 bits per heavy atom. The maximum absolute atomic E-state index is 5.94. The van der Waals surface area contributed by atoms with Gasteiger partial charge in [0.1, 0.15) is 5.75 Å². The highest BCUT2D eigenvalue weighted by Gasteiger charge is 2.18. The normalized spacial score (nSPS) is 18.8. The molecule has 0 aliphatic carbocycles. The van der Waals surface area contributed by atoms with E-state index in [-0.39, 0.29) is 6.10 Å². The first-order valence-corrected chi connectivity index (χ1v) is 6.94. The van der Waals surface area contributed by atoms with Crippen molar-refractivity contribution in [2.75, 3.05) is 30.8 Å². The van der Waals surface area contributed by atoms with Crippen LogP contribution in [0.1, 0.15) is 26.7 Å². The zero-order valence-corrected chi connectivity index (χ0v) is 12.1. The Balaban J connectivity index is 2.06. The second kappa shape index (κ2) is 6.15. The fraction of sp³-hybridized carbons (Fsp3) is 0.600. The van der Waals surface area contributed by atoms with Crippen LogP contribution in [0.5, 0.6) is 5.75 Å². The molecule has 0 spiro atoms. The summed E-state index contributed by atoms with van der Waals surface area (Å²) in [6.45, 7) is 5.81. The van der Waals surface area contributed by atoms with Crippen LogP contribution in [0.3, 0.4) is 0 Å². The third-order valence-corrected chi connectivity index (χ3v) is 3.23. The Kier molecular flexibility index (Phi) is 4.53. The molecule has 1 heterocycles. The number of benzene rings is 1. The molecule has 1 unspecified atom stereocenters. The van der Waals surface area contributed by atoms with Gasteiger partial charge in [0.15, 0.2) is 0 Å². The van der Waals surface area contributed by atoms with Gasteiger partial charge in [0.2, 0.25) is 0 Å². The van der Waals surface area contributed by atoms with Crippen LogP contribution >= 0.6 is 0 Å². The molecule has 1 aliphatic heterocycles. The van der Waals surface area contributed by atoms with Crippen molar-refractivity contribution in [3.8, 4) is 5.75 Å². The fourth-order valence-electron chi connectivity index (χ4n) is 2.37. The highest BCUT2D eigenvalue weighted by molar-refractivity contribution is 5.60. The number of nitrogens with two attached hydrogens (primary N) is 1. The minimum atomic E-state index is 0.151. The number of nitrogen functional groups attached to an aromatic ring is 1. The van der Waals surface area contributed by atoms with Crippen molar-refractivity contribution in [1.82, 2.24) is 0 Å². The van der Waals surface area contributed by atoms with Gasteiger partial charge in [0, 0.05) is 43.7 Å². The number of ether oxygens (including phenoxy) is 2. The van der Waals surface area contributed by atoms with Crippen LogP contribution in [0.15, 0.2) is 18.2 Å². The molecule has 19 heavy (non-hydrogen) atoms. The van der Waals surface area contributed by atoms with Gasteiger partial charge in [-0.05, 0) is 32.8 Å². The Hall–Kier alpha value is -1.42. The van der Waals surface area contributed by atoms with Gasteiger partial charge in [-0.25, -0.2) is 0 Å². The number of likely N-dealkylation sites (N-methyl/N-ethyl adjacent to an activating group) is 1. The quantitative estimate of drug-likeness (QED) is 0.831. The van der Waals surface area contributed by atoms with Gasteiger partial charge >= 0.3 is 0 Å². The van der Waals surface area contributed by atoms with E-state index in [1.807, 2.05) is 32.0 Å². The van der Waals surface area contributed by atoms with Crippen LogP contribution in [0.2, 0.25) is 0 Å². The van der Waals surface area contributed by atoms with Crippen molar-refractivity contribution in [2.24, 2.45) is 0 Å². The van der Waals surface area contributed by atoms with Gasteiger partial charge in [0.05, 0.1) is 12.2 Å². The van der Waals surface area contributed by atoms with Crippen molar-refractivity contribution >= 4 is 11.4 Å². The van der Waals surface area contributed by atoms with Crippen molar-refractivity contribution in [3.05, 3.63) is 18.2 Å². The first-order chi connectivity index (χ1) is 9.04. The number of anilines is 2. The zero-order valence-electron chi connectivity index (χ0n) is 12.1. The molecule has 1 saturated heterocycles. The molecule has 0 bridgehead atoms. The first-order valence-electron chi connectivity index (χ1n) is 6.94. The summed E-state index contributed by atoms with van der Waals surface area (Å²) in [7, 11) is 2.07. The van der Waals surface area contributed by atoms with Gasteiger partial charge in [-0.2, -0.15) is 0 Å². The Labute approximate surface area is 115 Å². The van der Waals surface area contributed by atoms with E-state index in [1.54, 1.807) is 0 Å². The Morgan fingerprint density at radius 1 is 1.42 bits per heavy atom. The van der Waals surface area contributed by atoms with Crippen molar-refractivity contribution < 1.29 is 9.47 Å². The molecular weight excluding hydrogens is 240 g/mol. The van der Waals surface area contributed by atoms with Crippen molar-refractivity contribution in [1.29, 1.82) is 0 Å². The fourth-order valence-corrected chi connectivity index (χ4v) is 2.37. The molecule has 0 radical (unpaired) electrons. The van der Waals surface area contributed by atoms with Crippen LogP contribution in [0.25, 0.3) is 0 Å². The molecule has 2 N–H and O–H groups in total. The van der Waals surface area contributed by atoms with E-state index in [2.05, 4.69) is 11.9 Å². The van der Waals surface area contributed by atoms with Crippen LogP contribution in [-0.4, -0.2) is 32.4 Å². The van der Waals surface area contributed by atoms with E-state index in [0.717, 1.165) is 43.1 Å². The van der Waals surface area contributed by atoms with Gasteiger partial charge in [-0.15, -0.1) is 0 Å². The molecule has 4 nitrogen and oxygen atoms in total. The predicted molar refractivity (Wildman–Crippen MR) is 78.9 cm³/mol. The van der Waals surface area contributed by atoms with Gasteiger partial charge < -0.3 is 20.1 Å². The van der Waals surface area contributed by atoms with Crippen LogP contribution in [0, 0.1) is 0 Å². The molecule has 0 aromatic heterocycles. The Morgan fingerprint density at radius 2 is 2.21 bits per heavy atom. The third-order valence-electron chi connectivity index (χ3n) is 3.23. The van der Waals surface area contributed by atoms with Gasteiger partial charge in [-0.3, -0.25) is 0 Å². The van der Waals surface area contributed by atoms with E-state index in [4.69, 9.17) is 15.2 Å². The molecule has 0 amide bonds. The van der Waals surface area contributed by atoms with Crippen LogP contribution < -0.4 is 15.4 Å². The van der Waals surface area contributed by atoms with Gasteiger partial charge in [-0.1, -0.05) is 0 Å². The summed E-state index contributed by atoms with van der Waals surface area (Å²) < 4.78 is 11.4. The lowest BCUT2D eigenvalue weighted by Gasteiger charge is -2.24. The summed E-state index contributed by atoms with van der Waals surface area (Å²) in [5, 5.41) is 0. The lowest BCUT2D eigenvalue weighted by molar-refractivity contribution is 0.116. The second-order valence-electron chi connectivity index (χ2n) is 5.44. The molecule has 0 saturated carbocycles. The monoisotopic (exact) mass is 264 g/mol. The minimum absolute atomic E-state index is 0.151. The number of hydrogen-bond acceptors (Lipinski definition) is 4. The third kappa shape index (κ3) is 4.03. The highest BCUT2D eigenvalue weighted by atomic mass is 16.5. The molecule has 1 fully saturated rings. The average molecular weight is 264 g/mol. The maximum atomic E-state index is 5.94. The number of hydrogen-bond donors (Lipinski definition) is 1. The molecule has 1 aromatic rings. The topological polar surface area (TPSA) is 47.7 Å². The van der Waals surface area contributed by atoms with Crippen molar-refractivity contribution in [3.63, 3.8) is 0 Å². The second-order valence-corrected chi connectivity index (χ2v) is 5.44. The smallest absolute Gasteiger partial charge is 0.123 e. The molecule has 106 valence electrons. The van der Waals surface area contributed by atoms with E-state index >= 15 is 0 Å².